The van der Waals surface area contributed by atoms with E-state index in [2.05, 4.69) is 11.0 Å². The van der Waals surface area contributed by atoms with Gasteiger partial charge in [-0.15, -0.1) is 0 Å². The number of rotatable bonds is 8. The van der Waals surface area contributed by atoms with E-state index >= 15 is 0 Å². The second-order valence-electron chi connectivity index (χ2n) is 14.6. The number of carbonyl (C=O) groups excluding carboxylic acids is 1. The fourth-order valence-corrected chi connectivity index (χ4v) is 8.47. The van der Waals surface area contributed by atoms with Gasteiger partial charge in [-0.05, 0) is 104 Å². The Morgan fingerprint density at radius 3 is 2.67 bits per heavy atom. The lowest BCUT2D eigenvalue weighted by atomic mass is 9.45. The van der Waals surface area contributed by atoms with Crippen LogP contribution in [-0.4, -0.2) is 81.2 Å². The second kappa shape index (κ2) is 9.50. The zero-order valence-corrected chi connectivity index (χ0v) is 25.1. The van der Waals surface area contributed by atoms with Crippen molar-refractivity contribution in [3.8, 4) is 0 Å². The molecule has 8 nitrogen and oxygen atoms in total. The van der Waals surface area contributed by atoms with Crippen LogP contribution in [0.1, 0.15) is 80.1 Å². The molecule has 8 heteroatoms. The van der Waals surface area contributed by atoms with Gasteiger partial charge < -0.3 is 29.3 Å². The molecule has 2 aliphatic heterocycles. The summed E-state index contributed by atoms with van der Waals surface area (Å²) >= 11 is 0. The highest BCUT2D eigenvalue weighted by molar-refractivity contribution is 5.70. The number of piperidine rings is 1. The summed E-state index contributed by atoms with van der Waals surface area (Å²) < 4.78 is 18.7. The van der Waals surface area contributed by atoms with Crippen LogP contribution in [0.4, 0.5) is 4.79 Å². The minimum absolute atomic E-state index is 0.0147. The van der Waals surface area contributed by atoms with Gasteiger partial charge in [-0.25, -0.2) is 4.79 Å². The Labute approximate surface area is 239 Å². The van der Waals surface area contributed by atoms with Crippen molar-refractivity contribution in [2.45, 2.75) is 109 Å². The van der Waals surface area contributed by atoms with E-state index in [0.717, 1.165) is 31.8 Å². The molecule has 4 fully saturated rings. The highest BCUT2D eigenvalue weighted by Crippen LogP contribution is 2.70. The van der Waals surface area contributed by atoms with Crippen molar-refractivity contribution in [1.29, 1.82) is 0 Å². The zero-order chi connectivity index (χ0) is 28.7. The summed E-state index contributed by atoms with van der Waals surface area (Å²) in [5, 5.41) is 23.5. The monoisotopic (exact) mass is 556 g/mol. The lowest BCUT2D eigenvalue weighted by molar-refractivity contribution is -0.235. The Kier molecular flexibility index (Phi) is 6.67. The van der Waals surface area contributed by atoms with Crippen LogP contribution in [-0.2, 0) is 14.2 Å². The Balaban J connectivity index is 1.28. The number of carbonyl (C=O) groups is 1. The van der Waals surface area contributed by atoms with E-state index < -0.39 is 28.8 Å². The van der Waals surface area contributed by atoms with Gasteiger partial charge in [-0.2, -0.15) is 0 Å². The number of aliphatic hydroxyl groups excluding tert-OH is 1. The molecule has 4 aliphatic carbocycles. The lowest BCUT2D eigenvalue weighted by Gasteiger charge is -2.65. The van der Waals surface area contributed by atoms with Gasteiger partial charge in [0, 0.05) is 43.6 Å². The van der Waals surface area contributed by atoms with Crippen LogP contribution in [0.25, 0.3) is 0 Å². The first-order valence-corrected chi connectivity index (χ1v) is 15.4. The molecular formula is C32H48N2O6. The molecule has 0 aromatic heterocycles. The molecule has 3 unspecified atom stereocenters. The summed E-state index contributed by atoms with van der Waals surface area (Å²) in [6.45, 7) is 15.1. The number of hydrogen-bond acceptors (Lipinski definition) is 7. The van der Waals surface area contributed by atoms with E-state index in [1.54, 1.807) is 11.0 Å². The number of hydrogen-bond donors (Lipinski definition) is 2. The van der Waals surface area contributed by atoms with E-state index in [1.165, 1.54) is 12.8 Å². The minimum Gasteiger partial charge on any atom is -0.504 e. The van der Waals surface area contributed by atoms with Gasteiger partial charge in [-0.3, -0.25) is 4.90 Å². The summed E-state index contributed by atoms with van der Waals surface area (Å²) in [7, 11) is 0. The standard InChI is InChI=1S/C32H48N2O6/c1-7-34(30(5,6)15-17-38-29(2,3)4)28(36)39-23-12-13-32(37)24-18-21-10-11-22(35)26-25(21)31(32,27(23)40-26)14-16-33(24)19-20-8-9-20/h10-12,20-21,24-25,27,35,37H,7-9,13-19H2,1-6H3/t21?,24-,25?,27+,31+,32?/m1/s1. The minimum atomic E-state index is -1.01. The Morgan fingerprint density at radius 1 is 1.25 bits per heavy atom. The number of nitrogens with zero attached hydrogens (tertiary/aromatic N) is 2. The molecule has 2 saturated heterocycles. The van der Waals surface area contributed by atoms with Crippen LogP contribution in [0.5, 0.6) is 0 Å². The molecule has 1 spiro atoms. The first kappa shape index (κ1) is 28.1. The van der Waals surface area contributed by atoms with Gasteiger partial charge in [0.1, 0.15) is 11.5 Å². The van der Waals surface area contributed by atoms with E-state index in [1.807, 2.05) is 47.6 Å². The third kappa shape index (κ3) is 4.31. The molecule has 2 heterocycles. The third-order valence-electron chi connectivity index (χ3n) is 10.6. The Hall–Kier alpha value is -2.03. The Morgan fingerprint density at radius 2 is 2.00 bits per heavy atom. The van der Waals surface area contributed by atoms with Crippen LogP contribution in [0, 0.1) is 23.2 Å². The SMILES string of the molecule is CCN(C(=O)OC1=CCC2(O)[C@H]3CC4C=CC(O)=C5O[C@@H]1[C@]2(CCN3CC1CC1)C54)C(C)(C)CCOC(C)(C)C. The maximum atomic E-state index is 13.7. The van der Waals surface area contributed by atoms with Gasteiger partial charge in [0.15, 0.2) is 11.9 Å². The zero-order valence-electron chi connectivity index (χ0n) is 25.1. The molecule has 2 bridgehead atoms. The highest BCUT2D eigenvalue weighted by Gasteiger charge is 2.76. The third-order valence-corrected chi connectivity index (χ3v) is 10.6. The first-order valence-electron chi connectivity index (χ1n) is 15.4. The smallest absolute Gasteiger partial charge is 0.415 e. The van der Waals surface area contributed by atoms with Crippen LogP contribution in [0.3, 0.4) is 0 Å². The number of ether oxygens (including phenoxy) is 3. The molecule has 2 saturated carbocycles. The molecule has 222 valence electrons. The van der Waals surface area contributed by atoms with E-state index in [-0.39, 0.29) is 29.2 Å². The molecule has 0 aromatic rings. The molecule has 40 heavy (non-hydrogen) atoms. The fourth-order valence-electron chi connectivity index (χ4n) is 8.47. The van der Waals surface area contributed by atoms with Crippen molar-refractivity contribution in [2.75, 3.05) is 26.2 Å². The topological polar surface area (TPSA) is 91.7 Å². The average Bonchev–Trinajstić information content (AvgIpc) is 3.60. The van der Waals surface area contributed by atoms with Crippen molar-refractivity contribution in [3.05, 3.63) is 35.5 Å². The van der Waals surface area contributed by atoms with Crippen molar-refractivity contribution in [3.63, 3.8) is 0 Å². The molecule has 0 aromatic carbocycles. The van der Waals surface area contributed by atoms with Crippen molar-refractivity contribution >= 4 is 6.09 Å². The predicted molar refractivity (Wildman–Crippen MR) is 151 cm³/mol. The summed E-state index contributed by atoms with van der Waals surface area (Å²) in [4.78, 5) is 18.0. The molecule has 6 aliphatic rings. The number of likely N-dealkylation sites (tertiary alicyclic amines) is 1. The first-order chi connectivity index (χ1) is 18.8. The van der Waals surface area contributed by atoms with Gasteiger partial charge in [-0.1, -0.05) is 6.08 Å². The van der Waals surface area contributed by atoms with Crippen molar-refractivity contribution in [2.24, 2.45) is 23.2 Å². The van der Waals surface area contributed by atoms with Gasteiger partial charge >= 0.3 is 6.09 Å². The van der Waals surface area contributed by atoms with Crippen molar-refractivity contribution in [1.82, 2.24) is 9.80 Å². The predicted octanol–water partition coefficient (Wildman–Crippen LogP) is 5.29. The van der Waals surface area contributed by atoms with E-state index in [9.17, 15) is 15.0 Å². The van der Waals surface area contributed by atoms with Crippen LogP contribution in [0.15, 0.2) is 35.5 Å². The average molecular weight is 557 g/mol. The van der Waals surface area contributed by atoms with Crippen LogP contribution < -0.4 is 0 Å². The maximum absolute atomic E-state index is 13.7. The fraction of sp³-hybridized carbons (Fsp3) is 0.781. The molecule has 6 rings (SSSR count). The van der Waals surface area contributed by atoms with Gasteiger partial charge in [0.05, 0.1) is 16.6 Å². The molecule has 6 atom stereocenters. The largest absolute Gasteiger partial charge is 0.504 e. The summed E-state index contributed by atoms with van der Waals surface area (Å²) in [5.74, 6) is 1.95. The highest BCUT2D eigenvalue weighted by atomic mass is 16.6. The summed E-state index contributed by atoms with van der Waals surface area (Å²) in [6, 6.07) is 0.0147. The maximum Gasteiger partial charge on any atom is 0.415 e. The second-order valence-corrected chi connectivity index (χ2v) is 14.6. The van der Waals surface area contributed by atoms with Crippen LogP contribution in [0.2, 0.25) is 0 Å². The molecule has 2 N–H and O–H groups in total. The normalized spacial score (nSPS) is 36.6. The van der Waals surface area contributed by atoms with Gasteiger partial charge in [0.25, 0.3) is 0 Å². The van der Waals surface area contributed by atoms with E-state index in [0.29, 0.717) is 37.5 Å². The number of allylic oxidation sites excluding steroid dienone is 3. The Bertz CT molecular complexity index is 1130. The van der Waals surface area contributed by atoms with Gasteiger partial charge in [0.2, 0.25) is 0 Å². The molecule has 0 radical (unpaired) electrons. The molecular weight excluding hydrogens is 508 g/mol. The summed E-state index contributed by atoms with van der Waals surface area (Å²) in [6.07, 6.45) is 9.94. The van der Waals surface area contributed by atoms with Crippen molar-refractivity contribution < 1.29 is 29.2 Å². The number of amides is 1. The lowest BCUT2D eigenvalue weighted by Crippen LogP contribution is -2.75. The number of aliphatic hydroxyl groups is 2. The van der Waals surface area contributed by atoms with Crippen LogP contribution >= 0.6 is 0 Å². The van der Waals surface area contributed by atoms with E-state index in [4.69, 9.17) is 14.2 Å². The summed E-state index contributed by atoms with van der Waals surface area (Å²) in [5.41, 5.74) is -2.38. The molecule has 1 amide bonds. The quantitative estimate of drug-likeness (QED) is 0.420.